The molecule has 1 aromatic heterocycles. The maximum absolute atomic E-state index is 12.9. The summed E-state index contributed by atoms with van der Waals surface area (Å²) < 4.78 is 6.52. The minimum absolute atomic E-state index is 0.0952. The quantitative estimate of drug-likeness (QED) is 0.689. The third-order valence-electron chi connectivity index (χ3n) is 4.67. The Hall–Kier alpha value is -2.94. The van der Waals surface area contributed by atoms with E-state index in [-0.39, 0.29) is 12.2 Å². The van der Waals surface area contributed by atoms with Crippen molar-refractivity contribution in [1.82, 2.24) is 4.98 Å². The third kappa shape index (κ3) is 2.62. The van der Waals surface area contributed by atoms with Crippen LogP contribution in [0.1, 0.15) is 39.3 Å². The molecule has 0 spiro atoms. The molecule has 0 radical (unpaired) electrons. The number of nitrogens with zero attached hydrogens (tertiary/aromatic N) is 1. The van der Waals surface area contributed by atoms with E-state index in [9.17, 15) is 4.79 Å². The Morgan fingerprint density at radius 2 is 1.52 bits per heavy atom. The van der Waals surface area contributed by atoms with E-state index in [0.29, 0.717) is 11.3 Å². The second-order valence-electron chi connectivity index (χ2n) is 6.53. The zero-order chi connectivity index (χ0) is 17.4. The lowest BCUT2D eigenvalue weighted by Gasteiger charge is -2.39. The first-order chi connectivity index (χ1) is 12.1. The first-order valence-electron chi connectivity index (χ1n) is 8.41. The average molecular weight is 329 g/mol. The van der Waals surface area contributed by atoms with Gasteiger partial charge in [0.15, 0.2) is 11.4 Å². The lowest BCUT2D eigenvalue weighted by Crippen LogP contribution is -2.40. The largest absolute Gasteiger partial charge is 0.477 e. The fourth-order valence-corrected chi connectivity index (χ4v) is 3.59. The zero-order valence-electron chi connectivity index (χ0n) is 14.3. The van der Waals surface area contributed by atoms with E-state index >= 15 is 0 Å². The molecule has 25 heavy (non-hydrogen) atoms. The van der Waals surface area contributed by atoms with Gasteiger partial charge >= 0.3 is 0 Å². The van der Waals surface area contributed by atoms with Crippen LogP contribution in [0.4, 0.5) is 0 Å². The number of para-hydroxylation sites is 1. The van der Waals surface area contributed by atoms with Crippen LogP contribution in [0, 0.1) is 13.8 Å². The fourth-order valence-electron chi connectivity index (χ4n) is 3.59. The SMILES string of the molecule is Cc1cc([C@@]2(c3ccccc3)CC(=O)c3ccccc3O2)cc(C)n1. The predicted octanol–water partition coefficient (Wildman–Crippen LogP) is 4.61. The molecule has 1 aliphatic rings. The van der Waals surface area contributed by atoms with E-state index in [0.717, 1.165) is 22.5 Å². The first kappa shape index (κ1) is 15.6. The highest BCUT2D eigenvalue weighted by Crippen LogP contribution is 2.44. The van der Waals surface area contributed by atoms with Crippen molar-refractivity contribution in [2.45, 2.75) is 25.9 Å². The predicted molar refractivity (Wildman–Crippen MR) is 97.0 cm³/mol. The Morgan fingerprint density at radius 3 is 2.24 bits per heavy atom. The summed E-state index contributed by atoms with van der Waals surface area (Å²) in [6.45, 7) is 3.93. The van der Waals surface area contributed by atoms with Gasteiger partial charge in [-0.25, -0.2) is 0 Å². The van der Waals surface area contributed by atoms with Crippen molar-refractivity contribution < 1.29 is 9.53 Å². The van der Waals surface area contributed by atoms with Crippen LogP contribution in [-0.4, -0.2) is 10.8 Å². The van der Waals surface area contributed by atoms with Crippen LogP contribution in [0.3, 0.4) is 0 Å². The molecule has 124 valence electrons. The zero-order valence-corrected chi connectivity index (χ0v) is 14.3. The van der Waals surface area contributed by atoms with Crippen LogP contribution >= 0.6 is 0 Å². The summed E-state index contributed by atoms with van der Waals surface area (Å²) in [5.74, 6) is 0.729. The molecule has 2 heterocycles. The van der Waals surface area contributed by atoms with Crippen molar-refractivity contribution in [3.8, 4) is 5.75 Å². The van der Waals surface area contributed by atoms with Crippen molar-refractivity contribution in [2.24, 2.45) is 0 Å². The molecule has 0 saturated carbocycles. The third-order valence-corrected chi connectivity index (χ3v) is 4.67. The Kier molecular flexibility index (Phi) is 3.65. The van der Waals surface area contributed by atoms with E-state index in [1.807, 2.05) is 80.6 Å². The van der Waals surface area contributed by atoms with Gasteiger partial charge in [-0.3, -0.25) is 9.78 Å². The molecule has 3 nitrogen and oxygen atoms in total. The maximum Gasteiger partial charge on any atom is 0.171 e. The normalized spacial score (nSPS) is 19.2. The van der Waals surface area contributed by atoms with Crippen molar-refractivity contribution in [3.63, 3.8) is 0 Å². The summed E-state index contributed by atoms with van der Waals surface area (Å²) >= 11 is 0. The Labute approximate surface area is 147 Å². The van der Waals surface area contributed by atoms with Crippen LogP contribution in [0.15, 0.2) is 66.7 Å². The summed E-state index contributed by atoms with van der Waals surface area (Å²) in [4.78, 5) is 17.4. The van der Waals surface area contributed by atoms with Gasteiger partial charge in [-0.05, 0) is 38.1 Å². The van der Waals surface area contributed by atoms with Gasteiger partial charge in [0.1, 0.15) is 5.75 Å². The molecule has 3 heteroatoms. The first-order valence-corrected chi connectivity index (χ1v) is 8.41. The number of carbonyl (C=O) groups excluding carboxylic acids is 1. The number of carbonyl (C=O) groups is 1. The van der Waals surface area contributed by atoms with Crippen LogP contribution in [0.5, 0.6) is 5.75 Å². The number of rotatable bonds is 2. The summed E-state index contributed by atoms with van der Waals surface area (Å²) in [7, 11) is 0. The molecule has 3 aromatic rings. The number of hydrogen-bond acceptors (Lipinski definition) is 3. The number of Topliss-reactive ketones (excluding diaryl/α,β-unsaturated/α-hetero) is 1. The van der Waals surface area contributed by atoms with Crippen molar-refractivity contribution in [1.29, 1.82) is 0 Å². The number of aryl methyl sites for hydroxylation is 2. The monoisotopic (exact) mass is 329 g/mol. The van der Waals surface area contributed by atoms with E-state index in [2.05, 4.69) is 4.98 Å². The molecular formula is C22H19NO2. The van der Waals surface area contributed by atoms with Gasteiger partial charge < -0.3 is 4.74 Å². The number of aromatic nitrogens is 1. The standard InChI is InChI=1S/C22H19NO2/c1-15-12-18(13-16(2)23-15)22(17-8-4-3-5-9-17)14-20(24)19-10-6-7-11-21(19)25-22/h3-13H,14H2,1-2H3/t22-/m0/s1. The minimum Gasteiger partial charge on any atom is -0.477 e. The second kappa shape index (κ2) is 5.85. The lowest BCUT2D eigenvalue weighted by molar-refractivity contribution is 0.0616. The second-order valence-corrected chi connectivity index (χ2v) is 6.53. The summed E-state index contributed by atoms with van der Waals surface area (Å²) in [6.07, 6.45) is 0.275. The lowest BCUT2D eigenvalue weighted by atomic mass is 9.79. The Morgan fingerprint density at radius 1 is 0.880 bits per heavy atom. The van der Waals surface area contributed by atoms with Crippen molar-refractivity contribution >= 4 is 5.78 Å². The molecule has 0 amide bonds. The highest BCUT2D eigenvalue weighted by Gasteiger charge is 2.43. The molecule has 0 aliphatic carbocycles. The fraction of sp³-hybridized carbons (Fsp3) is 0.182. The van der Waals surface area contributed by atoms with Crippen LogP contribution < -0.4 is 4.74 Å². The highest BCUT2D eigenvalue weighted by molar-refractivity contribution is 6.00. The molecule has 0 N–H and O–H groups in total. The maximum atomic E-state index is 12.9. The van der Waals surface area contributed by atoms with E-state index < -0.39 is 5.60 Å². The van der Waals surface area contributed by atoms with Gasteiger partial charge in [-0.15, -0.1) is 0 Å². The van der Waals surface area contributed by atoms with Gasteiger partial charge in [-0.2, -0.15) is 0 Å². The molecule has 4 rings (SSSR count). The Bertz CT molecular complexity index is 929. The average Bonchev–Trinajstić information content (AvgIpc) is 2.61. The number of pyridine rings is 1. The van der Waals surface area contributed by atoms with Crippen LogP contribution in [0.25, 0.3) is 0 Å². The van der Waals surface area contributed by atoms with E-state index in [4.69, 9.17) is 4.74 Å². The molecule has 0 bridgehead atoms. The topological polar surface area (TPSA) is 39.2 Å². The smallest absolute Gasteiger partial charge is 0.171 e. The number of fused-ring (bicyclic) bond motifs is 1. The van der Waals surface area contributed by atoms with Crippen molar-refractivity contribution in [3.05, 3.63) is 94.8 Å². The minimum atomic E-state index is -0.828. The highest BCUT2D eigenvalue weighted by atomic mass is 16.5. The number of ketones is 1. The van der Waals surface area contributed by atoms with Gasteiger partial charge in [-0.1, -0.05) is 42.5 Å². The molecule has 1 atom stereocenters. The Balaban J connectivity index is 1.97. The summed E-state index contributed by atoms with van der Waals surface area (Å²) in [5, 5.41) is 0. The summed E-state index contributed by atoms with van der Waals surface area (Å²) in [6, 6.07) is 21.5. The van der Waals surface area contributed by atoms with Gasteiger partial charge in [0.25, 0.3) is 0 Å². The van der Waals surface area contributed by atoms with E-state index in [1.165, 1.54) is 0 Å². The number of hydrogen-bond donors (Lipinski definition) is 0. The van der Waals surface area contributed by atoms with Crippen LogP contribution in [-0.2, 0) is 5.60 Å². The molecule has 0 unspecified atom stereocenters. The van der Waals surface area contributed by atoms with E-state index in [1.54, 1.807) is 0 Å². The molecule has 0 saturated heterocycles. The molecule has 0 fully saturated rings. The van der Waals surface area contributed by atoms with Gasteiger partial charge in [0.05, 0.1) is 12.0 Å². The van der Waals surface area contributed by atoms with Crippen molar-refractivity contribution in [2.75, 3.05) is 0 Å². The molecule has 1 aliphatic heterocycles. The number of ether oxygens (including phenoxy) is 1. The molecule has 2 aromatic carbocycles. The summed E-state index contributed by atoms with van der Waals surface area (Å²) in [5.41, 5.74) is 3.59. The van der Waals surface area contributed by atoms with Gasteiger partial charge in [0, 0.05) is 22.5 Å². The van der Waals surface area contributed by atoms with Crippen LogP contribution in [0.2, 0.25) is 0 Å². The molecular weight excluding hydrogens is 310 g/mol. The van der Waals surface area contributed by atoms with Gasteiger partial charge in [0.2, 0.25) is 0 Å². The number of benzene rings is 2.